The Kier molecular flexibility index (Phi) is 6.32. The molecule has 2 aromatic rings. The number of anilines is 1. The van der Waals surface area contributed by atoms with Crippen LogP contribution in [-0.2, 0) is 15.6 Å². The first-order valence-corrected chi connectivity index (χ1v) is 11.8. The van der Waals surface area contributed by atoms with Crippen molar-refractivity contribution in [3.63, 3.8) is 0 Å². The summed E-state index contributed by atoms with van der Waals surface area (Å²) in [5.41, 5.74) is 0.572. The van der Waals surface area contributed by atoms with Gasteiger partial charge in [0.25, 0.3) is 0 Å². The molecule has 2 N–H and O–H groups in total. The quantitative estimate of drug-likeness (QED) is 0.680. The van der Waals surface area contributed by atoms with Crippen molar-refractivity contribution in [2.75, 3.05) is 12.4 Å². The third-order valence-electron chi connectivity index (χ3n) is 4.63. The van der Waals surface area contributed by atoms with Crippen LogP contribution < -0.4 is 10.6 Å². The van der Waals surface area contributed by atoms with Crippen LogP contribution in [0.2, 0.25) is 0 Å². The van der Waals surface area contributed by atoms with Gasteiger partial charge in [-0.3, -0.25) is 0 Å². The Morgan fingerprint density at radius 2 is 2.04 bits per heavy atom. The fourth-order valence-electron chi connectivity index (χ4n) is 3.29. The summed E-state index contributed by atoms with van der Waals surface area (Å²) in [4.78, 5) is 3.67. The summed E-state index contributed by atoms with van der Waals surface area (Å²) in [6.45, 7) is 0. The van der Waals surface area contributed by atoms with Crippen molar-refractivity contribution in [2.45, 2.75) is 48.4 Å². The molecule has 5 nitrogen and oxygen atoms in total. The van der Waals surface area contributed by atoms with Crippen LogP contribution in [0.1, 0.15) is 30.7 Å². The largest absolute Gasteiger partial charge is 0.380 e. The molecule has 1 saturated carbocycles. The van der Waals surface area contributed by atoms with Gasteiger partial charge in [0.15, 0.2) is 9.84 Å². The van der Waals surface area contributed by atoms with Crippen molar-refractivity contribution in [1.29, 1.82) is 0 Å². The van der Waals surface area contributed by atoms with Crippen molar-refractivity contribution in [3.8, 4) is 0 Å². The van der Waals surface area contributed by atoms with Crippen molar-refractivity contribution in [2.24, 2.45) is 0 Å². The van der Waals surface area contributed by atoms with Crippen LogP contribution >= 0.6 is 27.3 Å². The number of rotatable bonds is 6. The zero-order valence-electron chi connectivity index (χ0n) is 14.3. The Balaban J connectivity index is 1.84. The first-order valence-electron chi connectivity index (χ1n) is 8.44. The summed E-state index contributed by atoms with van der Waals surface area (Å²) in [5.74, 6) is -1.05. The van der Waals surface area contributed by atoms with Gasteiger partial charge in [-0.25, -0.2) is 17.8 Å². The number of nitrogens with one attached hydrogen (secondary N) is 2. The highest BCUT2D eigenvalue weighted by atomic mass is 79.9. The average molecular weight is 462 g/mol. The van der Waals surface area contributed by atoms with E-state index >= 15 is 0 Å². The van der Waals surface area contributed by atoms with Gasteiger partial charge < -0.3 is 10.6 Å². The molecule has 1 heterocycles. The number of benzene rings is 1. The van der Waals surface area contributed by atoms with Gasteiger partial charge >= 0.3 is 0 Å². The molecule has 1 aliphatic rings. The molecule has 0 saturated heterocycles. The lowest BCUT2D eigenvalue weighted by Crippen LogP contribution is -2.44. The smallest absolute Gasteiger partial charge is 0.187 e. The molecule has 9 heteroatoms. The molecule has 1 aliphatic carbocycles. The van der Waals surface area contributed by atoms with Crippen molar-refractivity contribution in [3.05, 3.63) is 39.0 Å². The van der Waals surface area contributed by atoms with Gasteiger partial charge in [0, 0.05) is 28.1 Å². The molecule has 26 heavy (non-hydrogen) atoms. The average Bonchev–Trinajstić information content (AvgIpc) is 3.10. The minimum atomic E-state index is -3.80. The van der Waals surface area contributed by atoms with E-state index in [1.807, 2.05) is 7.05 Å². The highest BCUT2D eigenvalue weighted by molar-refractivity contribution is 9.10. The minimum Gasteiger partial charge on any atom is -0.380 e. The maximum Gasteiger partial charge on any atom is 0.187 e. The Labute approximate surface area is 165 Å². The number of nitrogens with zero attached hydrogens (tertiary/aromatic N) is 1. The summed E-state index contributed by atoms with van der Waals surface area (Å²) in [6.07, 6.45) is 5.89. The molecular weight excluding hydrogens is 441 g/mol. The maximum absolute atomic E-state index is 14.6. The van der Waals surface area contributed by atoms with E-state index in [2.05, 4.69) is 31.5 Å². The second-order valence-corrected chi connectivity index (χ2v) is 10.2. The number of sulfone groups is 1. The lowest BCUT2D eigenvalue weighted by Gasteiger charge is -2.33. The lowest BCUT2D eigenvalue weighted by molar-refractivity contribution is 0.361. The van der Waals surface area contributed by atoms with Crippen LogP contribution in [0.5, 0.6) is 0 Å². The number of halogens is 2. The van der Waals surface area contributed by atoms with Crippen molar-refractivity contribution >= 4 is 42.8 Å². The van der Waals surface area contributed by atoms with Crippen LogP contribution in [0.15, 0.2) is 33.1 Å². The molecule has 142 valence electrons. The number of hydrogen-bond donors (Lipinski definition) is 2. The summed E-state index contributed by atoms with van der Waals surface area (Å²) >= 11 is 4.63. The molecular formula is C17H21BrFN3O2S2. The van der Waals surface area contributed by atoms with Crippen molar-refractivity contribution < 1.29 is 12.8 Å². The summed E-state index contributed by atoms with van der Waals surface area (Å²) in [7, 11) is -1.87. The van der Waals surface area contributed by atoms with Crippen LogP contribution in [0.25, 0.3) is 0 Å². The van der Waals surface area contributed by atoms with Crippen LogP contribution in [0, 0.1) is 5.82 Å². The second-order valence-electron chi connectivity index (χ2n) is 6.38. The lowest BCUT2D eigenvalue weighted by atomic mass is 9.90. The third-order valence-corrected chi connectivity index (χ3v) is 7.89. The van der Waals surface area contributed by atoms with Gasteiger partial charge in [-0.2, -0.15) is 0 Å². The van der Waals surface area contributed by atoms with E-state index in [9.17, 15) is 12.8 Å². The zero-order chi connectivity index (χ0) is 18.7. The predicted octanol–water partition coefficient (Wildman–Crippen LogP) is 3.96. The van der Waals surface area contributed by atoms with Gasteiger partial charge in [0.2, 0.25) is 0 Å². The van der Waals surface area contributed by atoms with Gasteiger partial charge in [0.05, 0.1) is 5.69 Å². The highest BCUT2D eigenvalue weighted by Gasteiger charge is 2.26. The van der Waals surface area contributed by atoms with Crippen LogP contribution in [0.3, 0.4) is 0 Å². The van der Waals surface area contributed by atoms with E-state index in [1.54, 1.807) is 5.38 Å². The van der Waals surface area contributed by atoms with E-state index in [-0.39, 0.29) is 16.7 Å². The molecule has 1 aromatic heterocycles. The van der Waals surface area contributed by atoms with E-state index in [0.717, 1.165) is 19.3 Å². The molecule has 0 bridgehead atoms. The summed E-state index contributed by atoms with van der Waals surface area (Å²) in [5, 5.41) is 8.80. The van der Waals surface area contributed by atoms with Gasteiger partial charge in [-0.1, -0.05) is 12.8 Å². The highest BCUT2D eigenvalue weighted by Crippen LogP contribution is 2.32. The molecule has 0 spiro atoms. The Hall–Kier alpha value is -1.03. The monoisotopic (exact) mass is 461 g/mol. The molecule has 0 radical (unpaired) electrons. The standard InChI is InChI=1S/C17H21BrFN3O2S2/c1-20-13-4-2-3-5-14(13)22-15-9-12(19)16(8-11(15)18)26(23,24)10-17-21-6-7-25-17/h6-9,13-14,20,22H,2-5,10H2,1H3/t13-,14-/m0/s1. The molecule has 1 fully saturated rings. The molecule has 0 unspecified atom stereocenters. The van der Waals surface area contributed by atoms with Crippen molar-refractivity contribution in [1.82, 2.24) is 10.3 Å². The fourth-order valence-corrected chi connectivity index (χ4v) is 6.25. The van der Waals surface area contributed by atoms with E-state index in [1.165, 1.54) is 36.1 Å². The predicted molar refractivity (Wildman–Crippen MR) is 106 cm³/mol. The summed E-state index contributed by atoms with van der Waals surface area (Å²) in [6, 6.07) is 3.10. The van der Waals surface area contributed by atoms with Crippen LogP contribution in [0.4, 0.5) is 10.1 Å². The number of aromatic nitrogens is 1. The molecule has 2 atom stereocenters. The van der Waals surface area contributed by atoms with Gasteiger partial charge in [-0.15, -0.1) is 11.3 Å². The maximum atomic E-state index is 14.6. The molecule has 0 aliphatic heterocycles. The number of likely N-dealkylation sites (N-methyl/N-ethyl adjacent to an activating group) is 1. The number of hydrogen-bond acceptors (Lipinski definition) is 6. The normalized spacial score (nSPS) is 20.9. The first-order chi connectivity index (χ1) is 12.4. The molecule has 0 amide bonds. The Morgan fingerprint density at radius 3 is 2.69 bits per heavy atom. The summed E-state index contributed by atoms with van der Waals surface area (Å²) < 4.78 is 40.2. The Bertz CT molecular complexity index is 859. The second kappa shape index (κ2) is 8.33. The van der Waals surface area contributed by atoms with E-state index in [4.69, 9.17) is 0 Å². The molecule has 1 aromatic carbocycles. The van der Waals surface area contributed by atoms with E-state index in [0.29, 0.717) is 21.2 Å². The topological polar surface area (TPSA) is 71.1 Å². The zero-order valence-corrected chi connectivity index (χ0v) is 17.6. The van der Waals surface area contributed by atoms with E-state index < -0.39 is 15.7 Å². The minimum absolute atomic E-state index is 0.183. The SMILES string of the molecule is CN[C@H]1CCCC[C@@H]1Nc1cc(F)c(S(=O)(=O)Cc2nccs2)cc1Br. The van der Waals surface area contributed by atoms with Crippen LogP contribution in [-0.4, -0.2) is 32.5 Å². The van der Waals surface area contributed by atoms with Gasteiger partial charge in [0.1, 0.15) is 21.5 Å². The first kappa shape index (κ1) is 19.7. The Morgan fingerprint density at radius 1 is 1.31 bits per heavy atom. The molecule has 3 rings (SSSR count). The fraction of sp³-hybridized carbons (Fsp3) is 0.471. The third kappa shape index (κ3) is 4.44. The number of thiazole rings is 1. The van der Waals surface area contributed by atoms with Gasteiger partial charge in [-0.05, 0) is 48.0 Å².